The highest BCUT2D eigenvalue weighted by Crippen LogP contribution is 2.31. The van der Waals surface area contributed by atoms with Crippen LogP contribution in [0.4, 0.5) is 13.2 Å². The summed E-state index contributed by atoms with van der Waals surface area (Å²) in [7, 11) is 0. The normalized spacial score (nSPS) is 23.0. The second-order valence-corrected chi connectivity index (χ2v) is 5.82. The molecule has 0 amide bonds. The first kappa shape index (κ1) is 15.6. The monoisotopic (exact) mass is 293 g/mol. The Bertz CT molecular complexity index is 303. The van der Waals surface area contributed by atoms with Crippen molar-refractivity contribution in [3.8, 4) is 0 Å². The molecule has 20 heavy (non-hydrogen) atoms. The molecule has 0 aromatic carbocycles. The fraction of sp³-hybridized carbons (Fsp3) is 0.929. The van der Waals surface area contributed by atoms with Crippen molar-refractivity contribution in [3.05, 3.63) is 0 Å². The highest BCUT2D eigenvalue weighted by Gasteiger charge is 2.44. The Hall–Kier alpha value is -0.780. The summed E-state index contributed by atoms with van der Waals surface area (Å²) in [5.41, 5.74) is 0. The summed E-state index contributed by atoms with van der Waals surface area (Å²) in [4.78, 5) is 15.9. The zero-order valence-electron chi connectivity index (χ0n) is 11.6. The number of hydrogen-bond donors (Lipinski definition) is 0. The Morgan fingerprint density at radius 1 is 0.850 bits per heavy atom. The predicted molar refractivity (Wildman–Crippen MR) is 67.7 cm³/mol. The van der Waals surface area contributed by atoms with Crippen molar-refractivity contribution in [1.29, 1.82) is 0 Å². The van der Waals surface area contributed by atoms with Gasteiger partial charge in [0.05, 0.1) is 0 Å². The summed E-state index contributed by atoms with van der Waals surface area (Å²) in [6, 6.07) is -0.0868. The summed E-state index contributed by atoms with van der Waals surface area (Å²) in [6.45, 7) is 0. The molecule has 2 rings (SSSR count). The van der Waals surface area contributed by atoms with Gasteiger partial charge in [-0.15, -0.1) is 5.06 Å². The van der Waals surface area contributed by atoms with Crippen molar-refractivity contribution in [2.45, 2.75) is 82.5 Å². The van der Waals surface area contributed by atoms with Gasteiger partial charge in [-0.1, -0.05) is 38.5 Å². The third-order valence-electron chi connectivity index (χ3n) is 4.29. The molecule has 0 N–H and O–H groups in total. The fourth-order valence-corrected chi connectivity index (χ4v) is 3.27. The molecule has 2 aliphatic rings. The predicted octanol–water partition coefficient (Wildman–Crippen LogP) is 3.97. The summed E-state index contributed by atoms with van der Waals surface area (Å²) in [5, 5.41) is 1.40. The molecule has 116 valence electrons. The number of nitrogens with zero attached hydrogens (tertiary/aromatic N) is 1. The molecule has 2 aliphatic carbocycles. The summed E-state index contributed by atoms with van der Waals surface area (Å²) in [6.07, 6.45) is 4.59. The van der Waals surface area contributed by atoms with Crippen molar-refractivity contribution < 1.29 is 22.8 Å². The maximum Gasteiger partial charge on any atom is 0.492 e. The molecule has 0 spiro atoms. The van der Waals surface area contributed by atoms with E-state index >= 15 is 0 Å². The number of alkyl halides is 3. The number of hydroxylamine groups is 2. The third-order valence-corrected chi connectivity index (χ3v) is 4.29. The van der Waals surface area contributed by atoms with Crippen LogP contribution in [0, 0.1) is 0 Å². The number of carbonyl (C=O) groups excluding carboxylic acids is 1. The Morgan fingerprint density at radius 2 is 1.25 bits per heavy atom. The van der Waals surface area contributed by atoms with E-state index in [1.807, 2.05) is 0 Å². The van der Waals surface area contributed by atoms with E-state index in [2.05, 4.69) is 0 Å². The lowest BCUT2D eigenvalue weighted by atomic mass is 9.90. The molecular weight excluding hydrogens is 271 g/mol. The van der Waals surface area contributed by atoms with Crippen molar-refractivity contribution in [2.24, 2.45) is 0 Å². The molecule has 0 unspecified atom stereocenters. The Balaban J connectivity index is 2.04. The molecule has 0 aromatic rings. The van der Waals surface area contributed by atoms with Gasteiger partial charge in [0.25, 0.3) is 0 Å². The van der Waals surface area contributed by atoms with Gasteiger partial charge in [0.1, 0.15) is 0 Å². The van der Waals surface area contributed by atoms with Crippen molar-refractivity contribution in [3.63, 3.8) is 0 Å². The van der Waals surface area contributed by atoms with Crippen LogP contribution >= 0.6 is 0 Å². The van der Waals surface area contributed by atoms with Gasteiger partial charge in [-0.25, -0.2) is 4.79 Å². The average Bonchev–Trinajstić information content (AvgIpc) is 2.45. The molecule has 6 heteroatoms. The second kappa shape index (κ2) is 6.78. The minimum atomic E-state index is -4.92. The first-order chi connectivity index (χ1) is 9.48. The van der Waals surface area contributed by atoms with E-state index < -0.39 is 12.1 Å². The molecule has 0 aromatic heterocycles. The van der Waals surface area contributed by atoms with E-state index in [1.54, 1.807) is 0 Å². The highest BCUT2D eigenvalue weighted by molar-refractivity contribution is 5.75. The summed E-state index contributed by atoms with van der Waals surface area (Å²) >= 11 is 0. The Morgan fingerprint density at radius 3 is 1.60 bits per heavy atom. The number of rotatable bonds is 3. The maximum absolute atomic E-state index is 12.4. The molecule has 0 heterocycles. The van der Waals surface area contributed by atoms with Crippen LogP contribution in [0.3, 0.4) is 0 Å². The van der Waals surface area contributed by atoms with E-state index in [4.69, 9.17) is 4.84 Å². The lowest BCUT2D eigenvalue weighted by Crippen LogP contribution is -2.48. The van der Waals surface area contributed by atoms with E-state index in [0.29, 0.717) is 0 Å². The van der Waals surface area contributed by atoms with Gasteiger partial charge in [0.15, 0.2) is 0 Å². The van der Waals surface area contributed by atoms with Crippen LogP contribution in [-0.4, -0.2) is 29.3 Å². The molecule has 0 radical (unpaired) electrons. The molecule has 0 aliphatic heterocycles. The first-order valence-corrected chi connectivity index (χ1v) is 7.56. The molecule has 0 saturated heterocycles. The van der Waals surface area contributed by atoms with E-state index in [-0.39, 0.29) is 12.1 Å². The second-order valence-electron chi connectivity index (χ2n) is 5.82. The quantitative estimate of drug-likeness (QED) is 0.737. The smallest absolute Gasteiger partial charge is 0.360 e. The third kappa shape index (κ3) is 4.11. The van der Waals surface area contributed by atoms with Crippen LogP contribution in [-0.2, 0) is 9.63 Å². The molecule has 3 nitrogen and oxygen atoms in total. The lowest BCUT2D eigenvalue weighted by Gasteiger charge is -2.39. The van der Waals surface area contributed by atoms with Gasteiger partial charge >= 0.3 is 12.1 Å². The molecular formula is C14H22F3NO2. The van der Waals surface area contributed by atoms with Gasteiger partial charge in [-0.3, -0.25) is 0 Å². The van der Waals surface area contributed by atoms with E-state index in [1.165, 1.54) is 5.06 Å². The first-order valence-electron chi connectivity index (χ1n) is 7.56. The van der Waals surface area contributed by atoms with Crippen LogP contribution in [0.1, 0.15) is 64.2 Å². The van der Waals surface area contributed by atoms with E-state index in [9.17, 15) is 18.0 Å². The number of hydrogen-bond acceptors (Lipinski definition) is 3. The SMILES string of the molecule is O=C(ON(C1CCCCC1)C1CCCCC1)C(F)(F)F. The average molecular weight is 293 g/mol. The molecule has 0 atom stereocenters. The Labute approximate surface area is 117 Å². The van der Waals surface area contributed by atoms with Crippen molar-refractivity contribution in [1.82, 2.24) is 5.06 Å². The molecule has 0 bridgehead atoms. The molecule has 2 fully saturated rings. The number of carbonyl (C=O) groups is 1. The topological polar surface area (TPSA) is 29.5 Å². The minimum Gasteiger partial charge on any atom is -0.360 e. The fourth-order valence-electron chi connectivity index (χ4n) is 3.27. The van der Waals surface area contributed by atoms with E-state index in [0.717, 1.165) is 64.2 Å². The van der Waals surface area contributed by atoms with Crippen molar-refractivity contribution >= 4 is 5.97 Å². The van der Waals surface area contributed by atoms with Gasteiger partial charge in [-0.05, 0) is 25.7 Å². The number of halogens is 3. The van der Waals surface area contributed by atoms with Crippen LogP contribution in [0.15, 0.2) is 0 Å². The van der Waals surface area contributed by atoms with Crippen LogP contribution in [0.25, 0.3) is 0 Å². The van der Waals surface area contributed by atoms with Gasteiger partial charge in [0, 0.05) is 12.1 Å². The zero-order chi connectivity index (χ0) is 14.6. The van der Waals surface area contributed by atoms with Crippen LogP contribution in [0.5, 0.6) is 0 Å². The van der Waals surface area contributed by atoms with Crippen LogP contribution in [0.2, 0.25) is 0 Å². The standard InChI is InChI=1S/C14H22F3NO2/c15-14(16,17)13(19)20-18(11-7-3-1-4-8-11)12-9-5-2-6-10-12/h11-12H,1-10H2. The van der Waals surface area contributed by atoms with Crippen molar-refractivity contribution in [2.75, 3.05) is 0 Å². The lowest BCUT2D eigenvalue weighted by molar-refractivity contribution is -0.260. The Kier molecular flexibility index (Phi) is 5.29. The summed E-state index contributed by atoms with van der Waals surface area (Å²) in [5.74, 6) is -2.08. The van der Waals surface area contributed by atoms with Crippen LogP contribution < -0.4 is 0 Å². The summed E-state index contributed by atoms with van der Waals surface area (Å²) < 4.78 is 37.3. The minimum absolute atomic E-state index is 0.0434. The van der Waals surface area contributed by atoms with Gasteiger partial charge in [0.2, 0.25) is 0 Å². The largest absolute Gasteiger partial charge is 0.492 e. The zero-order valence-corrected chi connectivity index (χ0v) is 11.6. The highest BCUT2D eigenvalue weighted by atomic mass is 19.4. The molecule has 2 saturated carbocycles. The van der Waals surface area contributed by atoms with Gasteiger partial charge in [-0.2, -0.15) is 13.2 Å². The maximum atomic E-state index is 12.4. The van der Waals surface area contributed by atoms with Gasteiger partial charge < -0.3 is 4.84 Å².